The fraction of sp³-hybridized carbons (Fsp3) is 0.148. The van der Waals surface area contributed by atoms with Crippen LogP contribution in [0.4, 0.5) is 5.69 Å². The van der Waals surface area contributed by atoms with Gasteiger partial charge in [-0.2, -0.15) is 4.80 Å². The molecule has 1 amide bonds. The summed E-state index contributed by atoms with van der Waals surface area (Å²) in [6.07, 6.45) is 0. The van der Waals surface area contributed by atoms with Crippen LogP contribution in [0.5, 0.6) is 5.75 Å². The molecule has 4 aromatic carbocycles. The highest BCUT2D eigenvalue weighted by atomic mass is 16.5. The standard InChI is InChI=1S/C27H24N4O2/c1-17(2)18-8-11-22(12-9-18)31-29-24-13-10-21(16-25(24)30-31)28-27(32)23-14-19-6-4-5-7-20(19)15-26(23)33-3/h4-17H,1-3H3,(H,28,32). The first-order chi connectivity index (χ1) is 16.0. The molecule has 6 nitrogen and oxygen atoms in total. The molecule has 0 fully saturated rings. The topological polar surface area (TPSA) is 69.0 Å². The van der Waals surface area contributed by atoms with Crippen LogP contribution in [0.3, 0.4) is 0 Å². The van der Waals surface area contributed by atoms with Gasteiger partial charge in [0.1, 0.15) is 16.8 Å². The molecular formula is C27H24N4O2. The predicted octanol–water partition coefficient (Wildman–Crippen LogP) is 5.96. The van der Waals surface area contributed by atoms with E-state index in [9.17, 15) is 4.79 Å². The number of nitrogens with one attached hydrogen (secondary N) is 1. The van der Waals surface area contributed by atoms with Gasteiger partial charge >= 0.3 is 0 Å². The Morgan fingerprint density at radius 2 is 1.58 bits per heavy atom. The lowest BCUT2D eigenvalue weighted by atomic mass is 10.0. The van der Waals surface area contributed by atoms with E-state index >= 15 is 0 Å². The van der Waals surface area contributed by atoms with Crippen molar-refractivity contribution in [2.75, 3.05) is 12.4 Å². The monoisotopic (exact) mass is 436 g/mol. The third-order valence-electron chi connectivity index (χ3n) is 5.74. The molecule has 0 aliphatic heterocycles. The second-order valence-corrected chi connectivity index (χ2v) is 8.29. The SMILES string of the molecule is COc1cc2ccccc2cc1C(=O)Nc1ccc2nn(-c3ccc(C(C)C)cc3)nc2c1. The quantitative estimate of drug-likeness (QED) is 0.369. The van der Waals surface area contributed by atoms with E-state index in [1.165, 1.54) is 5.56 Å². The third kappa shape index (κ3) is 4.03. The zero-order valence-electron chi connectivity index (χ0n) is 18.7. The number of anilines is 1. The Morgan fingerprint density at radius 1 is 0.879 bits per heavy atom. The van der Waals surface area contributed by atoms with E-state index in [4.69, 9.17) is 4.74 Å². The fourth-order valence-electron chi connectivity index (χ4n) is 3.86. The van der Waals surface area contributed by atoms with Crippen molar-refractivity contribution in [3.05, 3.63) is 90.0 Å². The van der Waals surface area contributed by atoms with Gasteiger partial charge in [0.25, 0.3) is 5.91 Å². The Morgan fingerprint density at radius 3 is 2.27 bits per heavy atom. The molecule has 0 atom stereocenters. The highest BCUT2D eigenvalue weighted by Gasteiger charge is 2.15. The lowest BCUT2D eigenvalue weighted by Crippen LogP contribution is -2.13. The van der Waals surface area contributed by atoms with E-state index in [1.54, 1.807) is 11.9 Å². The van der Waals surface area contributed by atoms with Gasteiger partial charge in [0.15, 0.2) is 0 Å². The van der Waals surface area contributed by atoms with Crippen molar-refractivity contribution >= 4 is 33.4 Å². The Kier molecular flexibility index (Phi) is 5.26. The zero-order chi connectivity index (χ0) is 22.9. The second-order valence-electron chi connectivity index (χ2n) is 8.29. The number of amides is 1. The van der Waals surface area contributed by atoms with Crippen LogP contribution in [0, 0.1) is 0 Å². The third-order valence-corrected chi connectivity index (χ3v) is 5.74. The Labute approximate surface area is 191 Å². The summed E-state index contributed by atoms with van der Waals surface area (Å²) in [4.78, 5) is 14.7. The summed E-state index contributed by atoms with van der Waals surface area (Å²) in [5.74, 6) is 0.757. The Balaban J connectivity index is 1.42. The van der Waals surface area contributed by atoms with Crippen LogP contribution in [0.15, 0.2) is 78.9 Å². The van der Waals surface area contributed by atoms with Crippen LogP contribution in [0.25, 0.3) is 27.5 Å². The number of hydrogen-bond donors (Lipinski definition) is 1. The molecule has 0 bridgehead atoms. The molecule has 1 N–H and O–H groups in total. The molecule has 164 valence electrons. The average molecular weight is 437 g/mol. The van der Waals surface area contributed by atoms with E-state index in [1.807, 2.05) is 66.7 Å². The molecule has 0 aliphatic carbocycles. The van der Waals surface area contributed by atoms with Gasteiger partial charge in [0.2, 0.25) is 0 Å². The average Bonchev–Trinajstić information content (AvgIpc) is 3.26. The minimum absolute atomic E-state index is 0.242. The number of rotatable bonds is 5. The Hall–Kier alpha value is -4.19. The van der Waals surface area contributed by atoms with Crippen LogP contribution >= 0.6 is 0 Å². The van der Waals surface area contributed by atoms with E-state index in [0.717, 1.165) is 22.0 Å². The first-order valence-corrected chi connectivity index (χ1v) is 10.9. The lowest BCUT2D eigenvalue weighted by molar-refractivity contribution is 0.102. The molecule has 0 unspecified atom stereocenters. The van der Waals surface area contributed by atoms with Crippen LogP contribution in [-0.4, -0.2) is 28.0 Å². The highest BCUT2D eigenvalue weighted by Crippen LogP contribution is 2.27. The number of carbonyl (C=O) groups excluding carboxylic acids is 1. The smallest absolute Gasteiger partial charge is 0.259 e. The molecule has 6 heteroatoms. The maximum atomic E-state index is 13.1. The van der Waals surface area contributed by atoms with E-state index in [0.29, 0.717) is 28.4 Å². The molecule has 1 heterocycles. The van der Waals surface area contributed by atoms with Gasteiger partial charge in [-0.1, -0.05) is 50.2 Å². The molecule has 33 heavy (non-hydrogen) atoms. The number of benzene rings is 4. The number of aromatic nitrogens is 3. The number of methoxy groups -OCH3 is 1. The van der Waals surface area contributed by atoms with Crippen LogP contribution in [0.2, 0.25) is 0 Å². The molecular weight excluding hydrogens is 412 g/mol. The van der Waals surface area contributed by atoms with E-state index in [-0.39, 0.29) is 5.91 Å². The van der Waals surface area contributed by atoms with Gasteiger partial charge in [-0.05, 0) is 64.7 Å². The molecule has 0 aliphatic rings. The zero-order valence-corrected chi connectivity index (χ0v) is 18.7. The molecule has 0 saturated carbocycles. The van der Waals surface area contributed by atoms with Crippen molar-refractivity contribution in [3.8, 4) is 11.4 Å². The van der Waals surface area contributed by atoms with Crippen molar-refractivity contribution in [1.82, 2.24) is 15.0 Å². The van der Waals surface area contributed by atoms with Gasteiger partial charge in [0, 0.05) is 5.69 Å². The van der Waals surface area contributed by atoms with Gasteiger partial charge in [-0.25, -0.2) is 0 Å². The van der Waals surface area contributed by atoms with Gasteiger partial charge in [0.05, 0.1) is 18.4 Å². The van der Waals surface area contributed by atoms with Gasteiger partial charge < -0.3 is 10.1 Å². The number of ether oxygens (including phenoxy) is 1. The van der Waals surface area contributed by atoms with Crippen LogP contribution in [0.1, 0.15) is 35.7 Å². The minimum atomic E-state index is -0.242. The number of nitrogens with zero attached hydrogens (tertiary/aromatic N) is 3. The molecule has 0 saturated heterocycles. The predicted molar refractivity (Wildman–Crippen MR) is 131 cm³/mol. The van der Waals surface area contributed by atoms with Crippen molar-refractivity contribution < 1.29 is 9.53 Å². The van der Waals surface area contributed by atoms with E-state index in [2.05, 4.69) is 41.5 Å². The molecule has 0 spiro atoms. The van der Waals surface area contributed by atoms with Crippen LogP contribution in [-0.2, 0) is 0 Å². The maximum absolute atomic E-state index is 13.1. The summed E-state index contributed by atoms with van der Waals surface area (Å²) in [5.41, 5.74) is 4.73. The first-order valence-electron chi connectivity index (χ1n) is 10.9. The maximum Gasteiger partial charge on any atom is 0.259 e. The number of hydrogen-bond acceptors (Lipinski definition) is 4. The summed E-state index contributed by atoms with van der Waals surface area (Å²) in [7, 11) is 1.57. The molecule has 1 aromatic heterocycles. The first kappa shape index (κ1) is 20.7. The molecule has 5 rings (SSSR count). The fourth-order valence-corrected chi connectivity index (χ4v) is 3.86. The minimum Gasteiger partial charge on any atom is -0.496 e. The van der Waals surface area contributed by atoms with Gasteiger partial charge in [-0.3, -0.25) is 4.79 Å². The van der Waals surface area contributed by atoms with Crippen molar-refractivity contribution in [1.29, 1.82) is 0 Å². The van der Waals surface area contributed by atoms with Crippen molar-refractivity contribution in [2.45, 2.75) is 19.8 Å². The summed E-state index contributed by atoms with van der Waals surface area (Å²) in [6, 6.07) is 25.3. The second kappa shape index (κ2) is 8.39. The highest BCUT2D eigenvalue weighted by molar-refractivity contribution is 6.09. The van der Waals surface area contributed by atoms with Gasteiger partial charge in [-0.15, -0.1) is 10.2 Å². The largest absolute Gasteiger partial charge is 0.496 e. The Bertz CT molecular complexity index is 1470. The normalized spacial score (nSPS) is 11.3. The molecule has 0 radical (unpaired) electrons. The summed E-state index contributed by atoms with van der Waals surface area (Å²) in [6.45, 7) is 4.33. The van der Waals surface area contributed by atoms with Crippen molar-refractivity contribution in [2.24, 2.45) is 0 Å². The lowest BCUT2D eigenvalue weighted by Gasteiger charge is -2.11. The van der Waals surface area contributed by atoms with Crippen molar-refractivity contribution in [3.63, 3.8) is 0 Å². The summed E-state index contributed by atoms with van der Waals surface area (Å²) >= 11 is 0. The van der Waals surface area contributed by atoms with E-state index < -0.39 is 0 Å². The summed E-state index contributed by atoms with van der Waals surface area (Å²) in [5, 5.41) is 14.1. The number of carbonyl (C=O) groups is 1. The number of fused-ring (bicyclic) bond motifs is 2. The molecule has 5 aromatic rings. The summed E-state index contributed by atoms with van der Waals surface area (Å²) < 4.78 is 5.47. The van der Waals surface area contributed by atoms with Crippen LogP contribution < -0.4 is 10.1 Å².